The van der Waals surface area contributed by atoms with E-state index >= 15 is 0 Å². The van der Waals surface area contributed by atoms with E-state index in [4.69, 9.17) is 22.1 Å². The van der Waals surface area contributed by atoms with Crippen molar-refractivity contribution in [2.24, 2.45) is 0 Å². The first kappa shape index (κ1) is 21.4. The predicted molar refractivity (Wildman–Crippen MR) is 112 cm³/mol. The second kappa shape index (κ2) is 8.35. The van der Waals surface area contributed by atoms with E-state index in [0.717, 1.165) is 17.1 Å². The van der Waals surface area contributed by atoms with Crippen LogP contribution in [0.1, 0.15) is 45.4 Å². The smallest absolute Gasteiger partial charge is 0.282 e. The number of hydrogen-bond acceptors (Lipinski definition) is 6. The van der Waals surface area contributed by atoms with E-state index in [0.29, 0.717) is 51.9 Å². The Kier molecular flexibility index (Phi) is 6.16. The van der Waals surface area contributed by atoms with Gasteiger partial charge in [-0.1, -0.05) is 0 Å². The van der Waals surface area contributed by atoms with Crippen LogP contribution in [0.2, 0.25) is 0 Å². The lowest BCUT2D eigenvalue weighted by Crippen LogP contribution is -2.57. The van der Waals surface area contributed by atoms with Gasteiger partial charge in [-0.2, -0.15) is 22.1 Å². The highest BCUT2D eigenvalue weighted by atomic mass is 32.2. The van der Waals surface area contributed by atoms with Crippen molar-refractivity contribution in [1.82, 2.24) is 27.9 Å². The Morgan fingerprint density at radius 2 is 1.69 bits per heavy atom. The lowest BCUT2D eigenvalue weighted by atomic mass is 10.3. The van der Waals surface area contributed by atoms with Crippen LogP contribution >= 0.6 is 12.2 Å². The molecule has 0 bridgehead atoms. The van der Waals surface area contributed by atoms with Crippen LogP contribution in [0.25, 0.3) is 0 Å². The van der Waals surface area contributed by atoms with Crippen molar-refractivity contribution in [2.45, 2.75) is 65.0 Å². The molecule has 0 radical (unpaired) electrons. The average molecular weight is 445 g/mol. The average Bonchev–Trinajstić information content (AvgIpc) is 3.47. The van der Waals surface area contributed by atoms with Crippen LogP contribution < -0.4 is 0 Å². The van der Waals surface area contributed by atoms with Gasteiger partial charge in [0, 0.05) is 51.7 Å². The fraction of sp³-hybridized carbons (Fsp3) is 0.889. The number of piperazine rings is 1. The third-order valence-electron chi connectivity index (χ3n) is 5.91. The first-order valence-corrected chi connectivity index (χ1v) is 12.4. The van der Waals surface area contributed by atoms with Gasteiger partial charge in [0.15, 0.2) is 4.77 Å². The maximum absolute atomic E-state index is 13.1. The molecule has 0 spiro atoms. The van der Waals surface area contributed by atoms with Gasteiger partial charge in [-0.05, 0) is 45.8 Å². The normalized spacial score (nSPS) is 28.1. The quantitative estimate of drug-likeness (QED) is 0.615. The fourth-order valence-corrected chi connectivity index (χ4v) is 6.33. The van der Waals surface area contributed by atoms with Gasteiger partial charge < -0.3 is 9.30 Å². The van der Waals surface area contributed by atoms with E-state index in [9.17, 15) is 8.42 Å². The Balaban J connectivity index is 1.38. The Labute approximate surface area is 178 Å². The van der Waals surface area contributed by atoms with Crippen molar-refractivity contribution in [3.8, 4) is 0 Å². The summed E-state index contributed by atoms with van der Waals surface area (Å²) < 4.78 is 39.8. The highest BCUT2D eigenvalue weighted by molar-refractivity contribution is 7.86. The maximum atomic E-state index is 13.1. The fourth-order valence-electron chi connectivity index (χ4n) is 4.26. The van der Waals surface area contributed by atoms with Crippen molar-refractivity contribution in [1.29, 1.82) is 0 Å². The summed E-state index contributed by atoms with van der Waals surface area (Å²) >= 11 is 5.63. The summed E-state index contributed by atoms with van der Waals surface area (Å²) in [4.78, 5) is 2.23. The zero-order valence-electron chi connectivity index (χ0n) is 17.5. The molecule has 2 aliphatic heterocycles. The molecule has 3 aliphatic rings. The van der Waals surface area contributed by atoms with Crippen LogP contribution in [0.15, 0.2) is 0 Å². The highest BCUT2D eigenvalue weighted by Gasteiger charge is 2.37. The molecule has 1 aliphatic carbocycles. The molecule has 1 saturated carbocycles. The zero-order chi connectivity index (χ0) is 20.8. The van der Waals surface area contributed by atoms with Gasteiger partial charge in [-0.3, -0.25) is 4.90 Å². The summed E-state index contributed by atoms with van der Waals surface area (Å²) in [6.45, 7) is 10.6. The third-order valence-corrected chi connectivity index (χ3v) is 8.31. The van der Waals surface area contributed by atoms with Gasteiger partial charge in [-0.25, -0.2) is 4.68 Å². The molecule has 3 fully saturated rings. The molecule has 1 aromatic rings. The van der Waals surface area contributed by atoms with Crippen molar-refractivity contribution in [3.05, 3.63) is 10.6 Å². The van der Waals surface area contributed by atoms with Gasteiger partial charge in [-0.15, -0.1) is 0 Å². The molecule has 2 atom stereocenters. The summed E-state index contributed by atoms with van der Waals surface area (Å²) in [6, 6.07) is 0. The molecular weight excluding hydrogens is 412 g/mol. The van der Waals surface area contributed by atoms with E-state index in [2.05, 4.69) is 16.4 Å². The summed E-state index contributed by atoms with van der Waals surface area (Å²) in [5, 5.41) is 4.77. The molecule has 2 unspecified atom stereocenters. The monoisotopic (exact) mass is 444 g/mol. The van der Waals surface area contributed by atoms with Crippen molar-refractivity contribution in [2.75, 3.05) is 39.3 Å². The molecule has 9 nitrogen and oxygen atoms in total. The van der Waals surface area contributed by atoms with Gasteiger partial charge in [0.05, 0.1) is 18.9 Å². The molecule has 0 aromatic carbocycles. The molecule has 3 heterocycles. The SMILES string of the molecule is CCn1c(C2CC2)nn(CN2CCN(S(=O)(=O)N3CC(C)OC(C)C3)CC2)c1=S. The third kappa shape index (κ3) is 4.45. The van der Waals surface area contributed by atoms with Gasteiger partial charge in [0.25, 0.3) is 10.2 Å². The Morgan fingerprint density at radius 1 is 1.07 bits per heavy atom. The second-order valence-electron chi connectivity index (χ2n) is 8.40. The van der Waals surface area contributed by atoms with Gasteiger partial charge in [0.2, 0.25) is 0 Å². The van der Waals surface area contributed by atoms with Gasteiger partial charge >= 0.3 is 0 Å². The molecule has 0 amide bonds. The van der Waals surface area contributed by atoms with Crippen LogP contribution in [0, 0.1) is 4.77 Å². The first-order valence-electron chi connectivity index (χ1n) is 10.6. The van der Waals surface area contributed by atoms with E-state index in [1.54, 1.807) is 8.61 Å². The van der Waals surface area contributed by atoms with Crippen molar-refractivity contribution in [3.63, 3.8) is 0 Å². The Hall–Kier alpha value is -0.850. The molecule has 11 heteroatoms. The van der Waals surface area contributed by atoms with E-state index in [1.807, 2.05) is 18.5 Å². The largest absolute Gasteiger partial charge is 0.373 e. The summed E-state index contributed by atoms with van der Waals surface area (Å²) in [5.41, 5.74) is 0. The van der Waals surface area contributed by atoms with Crippen molar-refractivity contribution >= 4 is 22.4 Å². The molecule has 0 N–H and O–H groups in total. The van der Waals surface area contributed by atoms with Crippen LogP contribution in [0.4, 0.5) is 0 Å². The summed E-state index contributed by atoms with van der Waals surface area (Å²) in [5.74, 6) is 1.66. The number of ether oxygens (including phenoxy) is 1. The number of hydrogen-bond donors (Lipinski definition) is 0. The lowest BCUT2D eigenvalue weighted by Gasteiger charge is -2.40. The standard InChI is InChI=1S/C18H32N6O3S2/c1-4-23-17(16-5-6-16)19-24(18(23)28)13-20-7-9-21(10-8-20)29(25,26)22-11-14(2)27-15(3)12-22/h14-16H,4-13H2,1-3H3. The molecular formula is C18H32N6O3S2. The van der Waals surface area contributed by atoms with E-state index in [-0.39, 0.29) is 12.2 Å². The molecule has 1 aromatic heterocycles. The van der Waals surface area contributed by atoms with Crippen LogP contribution in [-0.4, -0.2) is 87.8 Å². The molecule has 4 rings (SSSR count). The molecule has 164 valence electrons. The number of nitrogens with zero attached hydrogens (tertiary/aromatic N) is 6. The van der Waals surface area contributed by atoms with Crippen LogP contribution in [-0.2, 0) is 28.2 Å². The topological polar surface area (TPSA) is 75.8 Å². The second-order valence-corrected chi connectivity index (χ2v) is 10.7. The number of rotatable bonds is 6. The Morgan fingerprint density at radius 3 is 2.24 bits per heavy atom. The van der Waals surface area contributed by atoms with E-state index < -0.39 is 10.2 Å². The Bertz CT molecular complexity index is 876. The predicted octanol–water partition coefficient (Wildman–Crippen LogP) is 1.24. The summed E-state index contributed by atoms with van der Waals surface area (Å²) in [6.07, 6.45) is 2.24. The summed E-state index contributed by atoms with van der Waals surface area (Å²) in [7, 11) is -3.45. The number of morpholine rings is 1. The minimum absolute atomic E-state index is 0.0778. The minimum atomic E-state index is -3.45. The van der Waals surface area contributed by atoms with E-state index in [1.165, 1.54) is 12.8 Å². The first-order chi connectivity index (χ1) is 13.8. The highest BCUT2D eigenvalue weighted by Crippen LogP contribution is 2.39. The van der Waals surface area contributed by atoms with Crippen molar-refractivity contribution < 1.29 is 13.2 Å². The number of aromatic nitrogens is 3. The van der Waals surface area contributed by atoms with Gasteiger partial charge in [0.1, 0.15) is 5.82 Å². The lowest BCUT2D eigenvalue weighted by molar-refractivity contribution is -0.0458. The zero-order valence-corrected chi connectivity index (χ0v) is 19.2. The van der Waals surface area contributed by atoms with Crippen LogP contribution in [0.5, 0.6) is 0 Å². The molecule has 29 heavy (non-hydrogen) atoms. The maximum Gasteiger partial charge on any atom is 0.282 e. The molecule has 2 saturated heterocycles. The minimum Gasteiger partial charge on any atom is -0.373 e. The van der Waals surface area contributed by atoms with Crippen LogP contribution in [0.3, 0.4) is 0 Å².